The van der Waals surface area contributed by atoms with Crippen LogP contribution >= 0.6 is 0 Å². The summed E-state index contributed by atoms with van der Waals surface area (Å²) < 4.78 is 44.6. The van der Waals surface area contributed by atoms with Gasteiger partial charge in [0, 0.05) is 5.56 Å². The van der Waals surface area contributed by atoms with Crippen molar-refractivity contribution >= 4 is 18.0 Å². The van der Waals surface area contributed by atoms with Crippen molar-refractivity contribution in [2.75, 3.05) is 7.11 Å². The number of rotatable bonds is 4. The van der Waals surface area contributed by atoms with Crippen LogP contribution in [0, 0.1) is 0 Å². The van der Waals surface area contributed by atoms with Crippen molar-refractivity contribution in [1.82, 2.24) is 10.4 Å². The zero-order valence-corrected chi connectivity index (χ0v) is 17.5. The van der Waals surface area contributed by atoms with E-state index >= 15 is 0 Å². The SMILES string of the molecule is COc1ccc(C(=O)C(F)(F)N(NC(=O)OC(C)(C)C)C(=O)OC(C)(C)C)cc1. The maximum Gasteiger partial charge on any atom is 0.434 e. The molecular formula is C19H26F2N2O6. The number of halogens is 2. The second-order valence-electron chi connectivity index (χ2n) is 8.03. The molecule has 10 heteroatoms. The Morgan fingerprint density at radius 2 is 1.38 bits per heavy atom. The van der Waals surface area contributed by atoms with Crippen LogP contribution < -0.4 is 10.2 Å². The monoisotopic (exact) mass is 416 g/mol. The Kier molecular flexibility index (Phi) is 7.18. The molecule has 8 nitrogen and oxygen atoms in total. The Balaban J connectivity index is 3.23. The number of carbonyl (C=O) groups is 3. The average Bonchev–Trinajstić information content (AvgIpc) is 2.55. The predicted octanol–water partition coefficient (Wildman–Crippen LogP) is 4.15. The van der Waals surface area contributed by atoms with E-state index in [1.807, 2.05) is 0 Å². The number of benzene rings is 1. The molecule has 0 atom stereocenters. The largest absolute Gasteiger partial charge is 0.497 e. The third kappa shape index (κ3) is 7.20. The van der Waals surface area contributed by atoms with Crippen molar-refractivity contribution in [3.63, 3.8) is 0 Å². The van der Waals surface area contributed by atoms with Gasteiger partial charge in [0.2, 0.25) is 0 Å². The third-order valence-corrected chi connectivity index (χ3v) is 3.08. The highest BCUT2D eigenvalue weighted by Crippen LogP contribution is 2.27. The van der Waals surface area contributed by atoms with E-state index in [9.17, 15) is 23.2 Å². The van der Waals surface area contributed by atoms with Crippen molar-refractivity contribution in [1.29, 1.82) is 0 Å². The van der Waals surface area contributed by atoms with E-state index in [-0.39, 0.29) is 0 Å². The van der Waals surface area contributed by atoms with Crippen LogP contribution in [0.2, 0.25) is 0 Å². The fourth-order valence-electron chi connectivity index (χ4n) is 1.95. The van der Waals surface area contributed by atoms with Gasteiger partial charge in [-0.05, 0) is 65.8 Å². The van der Waals surface area contributed by atoms with Gasteiger partial charge in [0.1, 0.15) is 17.0 Å². The Hall–Kier alpha value is -2.91. The lowest BCUT2D eigenvalue weighted by Crippen LogP contribution is -2.60. The van der Waals surface area contributed by atoms with Gasteiger partial charge in [-0.3, -0.25) is 4.79 Å². The summed E-state index contributed by atoms with van der Waals surface area (Å²) in [6.07, 6.45) is -2.99. The van der Waals surface area contributed by atoms with Crippen LogP contribution in [-0.4, -0.2) is 47.3 Å². The normalized spacial score (nSPS) is 12.0. The molecule has 0 unspecified atom stereocenters. The summed E-state index contributed by atoms with van der Waals surface area (Å²) in [7, 11) is 1.38. The minimum Gasteiger partial charge on any atom is -0.497 e. The Morgan fingerprint density at radius 1 is 0.897 bits per heavy atom. The van der Waals surface area contributed by atoms with Gasteiger partial charge in [-0.2, -0.15) is 8.78 Å². The standard InChI is InChI=1S/C19H26F2N2O6/c1-17(2,3)28-15(25)22-23(16(26)29-18(4,5)6)19(20,21)14(24)12-8-10-13(27-7)11-9-12/h8-11H,1-7H3,(H,22,25). The Morgan fingerprint density at radius 3 is 1.79 bits per heavy atom. The fourth-order valence-corrected chi connectivity index (χ4v) is 1.95. The third-order valence-electron chi connectivity index (χ3n) is 3.08. The van der Waals surface area contributed by atoms with Gasteiger partial charge >= 0.3 is 18.2 Å². The second kappa shape index (κ2) is 8.62. The number of carbonyl (C=O) groups excluding carboxylic acids is 3. The van der Waals surface area contributed by atoms with Gasteiger partial charge in [-0.15, -0.1) is 5.01 Å². The number of hydrogen-bond donors (Lipinski definition) is 1. The molecule has 0 bridgehead atoms. The van der Waals surface area contributed by atoms with Gasteiger partial charge in [0.15, 0.2) is 0 Å². The van der Waals surface area contributed by atoms with E-state index in [1.54, 1.807) is 5.43 Å². The fraction of sp³-hybridized carbons (Fsp3) is 0.526. The molecule has 0 aliphatic carbocycles. The molecule has 0 aromatic heterocycles. The van der Waals surface area contributed by atoms with Crippen LogP contribution in [0.4, 0.5) is 18.4 Å². The maximum absolute atomic E-state index is 14.9. The zero-order chi connectivity index (χ0) is 22.6. The minimum absolute atomic E-state index is 0.348. The number of hydrazine groups is 1. The number of ether oxygens (including phenoxy) is 3. The maximum atomic E-state index is 14.9. The smallest absolute Gasteiger partial charge is 0.434 e. The molecule has 1 aromatic rings. The molecule has 0 radical (unpaired) electrons. The zero-order valence-electron chi connectivity index (χ0n) is 17.5. The minimum atomic E-state index is -4.46. The molecular weight excluding hydrogens is 390 g/mol. The number of ketones is 1. The summed E-state index contributed by atoms with van der Waals surface area (Å²) in [6, 6.07) is 0.365. The summed E-state index contributed by atoms with van der Waals surface area (Å²) >= 11 is 0. The quantitative estimate of drug-likeness (QED) is 0.450. The summed E-state index contributed by atoms with van der Waals surface area (Å²) in [5.74, 6) is -1.39. The van der Waals surface area contributed by atoms with E-state index in [1.165, 1.54) is 60.8 Å². The van der Waals surface area contributed by atoms with Crippen molar-refractivity contribution < 1.29 is 37.4 Å². The first-order valence-electron chi connectivity index (χ1n) is 8.66. The predicted molar refractivity (Wildman–Crippen MR) is 99.7 cm³/mol. The van der Waals surface area contributed by atoms with Gasteiger partial charge in [0.05, 0.1) is 7.11 Å². The van der Waals surface area contributed by atoms with Crippen molar-refractivity contribution in [3.8, 4) is 5.75 Å². The molecule has 0 saturated heterocycles. The van der Waals surface area contributed by atoms with Crippen molar-refractivity contribution in [2.45, 2.75) is 58.8 Å². The second-order valence-corrected chi connectivity index (χ2v) is 8.03. The number of nitrogens with zero attached hydrogens (tertiary/aromatic N) is 1. The van der Waals surface area contributed by atoms with Gasteiger partial charge in [-0.1, -0.05) is 0 Å². The summed E-state index contributed by atoms with van der Waals surface area (Å²) in [5, 5.41) is -0.473. The number of methoxy groups -OCH3 is 1. The molecule has 0 saturated carbocycles. The number of amides is 2. The Labute approximate surface area is 168 Å². The number of nitrogens with one attached hydrogen (secondary N) is 1. The van der Waals surface area contributed by atoms with E-state index in [4.69, 9.17) is 14.2 Å². The lowest BCUT2D eigenvalue weighted by molar-refractivity contribution is -0.127. The lowest BCUT2D eigenvalue weighted by Gasteiger charge is -2.32. The van der Waals surface area contributed by atoms with E-state index in [2.05, 4.69) is 0 Å². The van der Waals surface area contributed by atoms with Gasteiger partial charge in [0.25, 0.3) is 5.78 Å². The van der Waals surface area contributed by atoms with E-state index in [0.717, 1.165) is 12.1 Å². The topological polar surface area (TPSA) is 94.2 Å². The van der Waals surface area contributed by atoms with Crippen LogP contribution in [-0.2, 0) is 9.47 Å². The first-order chi connectivity index (χ1) is 13.1. The molecule has 1 aromatic carbocycles. The number of hydrogen-bond acceptors (Lipinski definition) is 6. The molecule has 29 heavy (non-hydrogen) atoms. The first-order valence-corrected chi connectivity index (χ1v) is 8.66. The highest BCUT2D eigenvalue weighted by molar-refractivity contribution is 6.02. The average molecular weight is 416 g/mol. The molecule has 0 fully saturated rings. The van der Waals surface area contributed by atoms with Crippen LogP contribution in [0.15, 0.2) is 24.3 Å². The summed E-state index contributed by atoms with van der Waals surface area (Å²) in [6.45, 7) is 8.85. The first kappa shape index (κ1) is 24.1. The van der Waals surface area contributed by atoms with Gasteiger partial charge < -0.3 is 14.2 Å². The van der Waals surface area contributed by atoms with Crippen molar-refractivity contribution in [2.24, 2.45) is 0 Å². The molecule has 2 amide bonds. The van der Waals surface area contributed by atoms with E-state index in [0.29, 0.717) is 5.75 Å². The molecule has 0 aliphatic heterocycles. The van der Waals surface area contributed by atoms with Crippen LogP contribution in [0.3, 0.4) is 0 Å². The molecule has 1 N–H and O–H groups in total. The van der Waals surface area contributed by atoms with Gasteiger partial charge in [-0.25, -0.2) is 15.0 Å². The van der Waals surface area contributed by atoms with E-state index < -0.39 is 45.8 Å². The van der Waals surface area contributed by atoms with Crippen LogP contribution in [0.5, 0.6) is 5.75 Å². The van der Waals surface area contributed by atoms with Crippen LogP contribution in [0.25, 0.3) is 0 Å². The lowest BCUT2D eigenvalue weighted by atomic mass is 10.1. The molecule has 0 aliphatic rings. The van der Waals surface area contributed by atoms with Crippen molar-refractivity contribution in [3.05, 3.63) is 29.8 Å². The highest BCUT2D eigenvalue weighted by atomic mass is 19.3. The summed E-state index contributed by atoms with van der Waals surface area (Å²) in [4.78, 5) is 36.7. The number of alkyl halides is 2. The molecule has 1 rings (SSSR count). The molecule has 162 valence electrons. The molecule has 0 spiro atoms. The number of Topliss-reactive ketones (excluding diaryl/α,β-unsaturated/α-hetero) is 1. The molecule has 0 heterocycles. The summed E-state index contributed by atoms with van der Waals surface area (Å²) in [5.41, 5.74) is -0.987. The van der Waals surface area contributed by atoms with Crippen LogP contribution in [0.1, 0.15) is 51.9 Å². The Bertz CT molecular complexity index is 751. The highest BCUT2D eigenvalue weighted by Gasteiger charge is 2.51.